The maximum absolute atomic E-state index is 11.8. The van der Waals surface area contributed by atoms with Gasteiger partial charge in [0, 0.05) is 0 Å². The van der Waals surface area contributed by atoms with E-state index in [9.17, 15) is 9.90 Å². The van der Waals surface area contributed by atoms with Gasteiger partial charge in [-0.2, -0.15) is 0 Å². The molecule has 0 aromatic carbocycles. The molecular formula is C25H40O4. The first-order chi connectivity index (χ1) is 14.0. The molecule has 0 aromatic rings. The van der Waals surface area contributed by atoms with Crippen LogP contribution in [0.15, 0.2) is 11.8 Å². The van der Waals surface area contributed by atoms with Crippen LogP contribution in [0.5, 0.6) is 0 Å². The van der Waals surface area contributed by atoms with Gasteiger partial charge in [-0.3, -0.25) is 0 Å². The van der Waals surface area contributed by atoms with Gasteiger partial charge in [-0.25, -0.2) is 4.79 Å². The Hall–Kier alpha value is -1.03. The largest absolute Gasteiger partial charge is 0.501 e. The normalized spacial score (nSPS) is 38.1. The van der Waals surface area contributed by atoms with Crippen molar-refractivity contribution in [2.24, 2.45) is 23.2 Å². The number of carbonyl (C=O) groups is 1. The van der Waals surface area contributed by atoms with Gasteiger partial charge in [0.2, 0.25) is 0 Å². The lowest BCUT2D eigenvalue weighted by molar-refractivity contribution is -0.156. The third-order valence-electron chi connectivity index (χ3n) is 8.30. The van der Waals surface area contributed by atoms with Crippen LogP contribution >= 0.6 is 0 Å². The van der Waals surface area contributed by atoms with Gasteiger partial charge in [0.05, 0.1) is 30.6 Å². The molecule has 0 radical (unpaired) electrons. The summed E-state index contributed by atoms with van der Waals surface area (Å²) in [5.74, 6) is 1.78. The topological polar surface area (TPSA) is 55.8 Å². The van der Waals surface area contributed by atoms with Crippen molar-refractivity contribution in [2.45, 2.75) is 102 Å². The summed E-state index contributed by atoms with van der Waals surface area (Å²) in [6, 6.07) is 0. The average Bonchev–Trinajstić information content (AvgIpc) is 2.62. The lowest BCUT2D eigenvalue weighted by Gasteiger charge is -2.57. The highest BCUT2D eigenvalue weighted by Gasteiger charge is 2.51. The summed E-state index contributed by atoms with van der Waals surface area (Å²) in [7, 11) is 0. The number of ether oxygens (including phenoxy) is 2. The summed E-state index contributed by atoms with van der Waals surface area (Å²) < 4.78 is 11.6. The van der Waals surface area contributed by atoms with Crippen LogP contribution < -0.4 is 0 Å². The summed E-state index contributed by atoms with van der Waals surface area (Å²) in [6.07, 6.45) is 18.2. The number of hydrogen-bond acceptors (Lipinski definition) is 3. The number of unbranched alkanes of at least 4 members (excludes halogenated alkanes) is 2. The zero-order chi connectivity index (χ0) is 20.3. The Labute approximate surface area is 176 Å². The summed E-state index contributed by atoms with van der Waals surface area (Å²) in [4.78, 5) is 11.8. The first-order valence-electron chi connectivity index (χ1n) is 12.2. The Morgan fingerprint density at radius 2 is 1.72 bits per heavy atom. The molecule has 1 N–H and O–H groups in total. The van der Waals surface area contributed by atoms with E-state index >= 15 is 0 Å². The highest BCUT2D eigenvalue weighted by Crippen LogP contribution is 2.62. The monoisotopic (exact) mass is 404 g/mol. The van der Waals surface area contributed by atoms with Crippen LogP contribution in [0.25, 0.3) is 0 Å². The number of aliphatic carboxylic acids is 1. The predicted octanol–water partition coefficient (Wildman–Crippen LogP) is 6.10. The molecule has 29 heavy (non-hydrogen) atoms. The minimum Gasteiger partial charge on any atom is -0.501 e. The second-order valence-corrected chi connectivity index (χ2v) is 10.8. The molecule has 1 unspecified atom stereocenters. The van der Waals surface area contributed by atoms with E-state index in [-0.39, 0.29) is 11.0 Å². The maximum Gasteiger partial charge on any atom is 0.334 e. The summed E-state index contributed by atoms with van der Waals surface area (Å²) in [5, 5.41) is 9.73. The molecular weight excluding hydrogens is 364 g/mol. The van der Waals surface area contributed by atoms with Crippen LogP contribution in [0.1, 0.15) is 96.8 Å². The van der Waals surface area contributed by atoms with Gasteiger partial charge in [-0.15, -0.1) is 0 Å². The Balaban J connectivity index is 1.19. The molecule has 0 amide bonds. The zero-order valence-electron chi connectivity index (χ0n) is 18.3. The van der Waals surface area contributed by atoms with Gasteiger partial charge in [-0.1, -0.05) is 19.8 Å². The lowest BCUT2D eigenvalue weighted by Crippen LogP contribution is -2.46. The third kappa shape index (κ3) is 5.00. The van der Waals surface area contributed by atoms with E-state index in [0.29, 0.717) is 18.6 Å². The molecule has 0 aromatic heterocycles. The van der Waals surface area contributed by atoms with Crippen LogP contribution in [-0.4, -0.2) is 29.9 Å². The number of carboxylic acid groups (broad SMARTS) is 1. The number of rotatable bonds is 12. The Bertz CT molecular complexity index is 569. The van der Waals surface area contributed by atoms with Gasteiger partial charge in [0.25, 0.3) is 0 Å². The highest BCUT2D eigenvalue weighted by molar-refractivity contribution is 5.86. The van der Waals surface area contributed by atoms with Crippen molar-refractivity contribution in [1.82, 2.24) is 0 Å². The van der Waals surface area contributed by atoms with E-state index in [1.807, 2.05) is 0 Å². The molecule has 4 heteroatoms. The molecule has 1 atom stereocenters. The molecule has 4 saturated carbocycles. The Morgan fingerprint density at radius 3 is 2.24 bits per heavy atom. The van der Waals surface area contributed by atoms with Gasteiger partial charge in [-0.05, 0) is 100 Å². The number of carboxylic acids is 1. The Kier molecular flexibility index (Phi) is 6.58. The standard InChI is InChI=1S/C25H40O4/c1-2-6-25(8-10-29-25)7-4-3-5-9-28-18-22(23(26)27)17-24-14-19-11-20(15-24)13-21(12-19)16-24/h18-21H,2-17H2,1H3,(H,26,27). The molecule has 4 nitrogen and oxygen atoms in total. The zero-order valence-corrected chi connectivity index (χ0v) is 18.3. The second-order valence-electron chi connectivity index (χ2n) is 10.8. The van der Waals surface area contributed by atoms with Crippen LogP contribution in [-0.2, 0) is 14.3 Å². The molecule has 1 heterocycles. The Morgan fingerprint density at radius 1 is 1.07 bits per heavy atom. The van der Waals surface area contributed by atoms with E-state index < -0.39 is 5.97 Å². The van der Waals surface area contributed by atoms with E-state index in [2.05, 4.69) is 6.92 Å². The highest BCUT2D eigenvalue weighted by atomic mass is 16.5. The molecule has 1 aliphatic heterocycles. The van der Waals surface area contributed by atoms with Crippen LogP contribution in [0, 0.1) is 23.2 Å². The van der Waals surface area contributed by atoms with Crippen molar-refractivity contribution in [3.63, 3.8) is 0 Å². The van der Waals surface area contributed by atoms with Crippen molar-refractivity contribution < 1.29 is 19.4 Å². The molecule has 4 aliphatic carbocycles. The van der Waals surface area contributed by atoms with Crippen LogP contribution in [0.4, 0.5) is 0 Å². The first kappa shape index (κ1) is 21.2. The smallest absolute Gasteiger partial charge is 0.334 e. The minimum atomic E-state index is -0.788. The summed E-state index contributed by atoms with van der Waals surface area (Å²) in [5.41, 5.74) is 0.916. The maximum atomic E-state index is 11.8. The lowest BCUT2D eigenvalue weighted by atomic mass is 9.48. The fourth-order valence-electron chi connectivity index (χ4n) is 7.41. The first-order valence-corrected chi connectivity index (χ1v) is 12.2. The average molecular weight is 405 g/mol. The summed E-state index contributed by atoms with van der Waals surface area (Å²) in [6.45, 7) is 3.78. The van der Waals surface area contributed by atoms with Crippen molar-refractivity contribution >= 4 is 5.97 Å². The van der Waals surface area contributed by atoms with Gasteiger partial charge < -0.3 is 14.6 Å². The van der Waals surface area contributed by atoms with E-state index in [1.165, 1.54) is 64.2 Å². The second kappa shape index (κ2) is 8.99. The summed E-state index contributed by atoms with van der Waals surface area (Å²) >= 11 is 0. The van der Waals surface area contributed by atoms with Crippen LogP contribution in [0.2, 0.25) is 0 Å². The minimum absolute atomic E-state index is 0.170. The van der Waals surface area contributed by atoms with E-state index in [4.69, 9.17) is 9.47 Å². The van der Waals surface area contributed by atoms with Gasteiger partial charge in [0.15, 0.2) is 0 Å². The van der Waals surface area contributed by atoms with Crippen molar-refractivity contribution in [3.05, 3.63) is 11.8 Å². The van der Waals surface area contributed by atoms with Crippen molar-refractivity contribution in [2.75, 3.05) is 13.2 Å². The quantitative estimate of drug-likeness (QED) is 0.243. The predicted molar refractivity (Wildman–Crippen MR) is 114 cm³/mol. The number of hydrogen-bond donors (Lipinski definition) is 1. The molecule has 1 saturated heterocycles. The van der Waals surface area contributed by atoms with E-state index in [1.54, 1.807) is 6.26 Å². The molecule has 4 bridgehead atoms. The van der Waals surface area contributed by atoms with Crippen molar-refractivity contribution in [3.8, 4) is 0 Å². The van der Waals surface area contributed by atoms with E-state index in [0.717, 1.165) is 43.6 Å². The molecule has 5 aliphatic rings. The molecule has 5 rings (SSSR count). The fraction of sp³-hybridized carbons (Fsp3) is 0.880. The molecule has 164 valence electrons. The SMILES string of the molecule is CCCC1(CCCCCOC=C(CC23CC4CC(CC(C4)C2)C3)C(=O)O)CCO1. The molecule has 5 fully saturated rings. The van der Waals surface area contributed by atoms with Gasteiger partial charge in [0.1, 0.15) is 0 Å². The van der Waals surface area contributed by atoms with Crippen molar-refractivity contribution in [1.29, 1.82) is 0 Å². The fourth-order valence-corrected chi connectivity index (χ4v) is 7.41. The third-order valence-corrected chi connectivity index (χ3v) is 8.30. The van der Waals surface area contributed by atoms with Crippen LogP contribution in [0.3, 0.4) is 0 Å². The molecule has 0 spiro atoms. The van der Waals surface area contributed by atoms with Gasteiger partial charge >= 0.3 is 5.97 Å².